The van der Waals surface area contributed by atoms with Gasteiger partial charge in [-0.05, 0) is 51.3 Å². The molecule has 0 bridgehead atoms. The molecule has 2 fully saturated rings. The van der Waals surface area contributed by atoms with Crippen LogP contribution in [0.15, 0.2) is 24.3 Å². The Balaban J connectivity index is 1.33. The summed E-state index contributed by atoms with van der Waals surface area (Å²) in [5.74, 6) is 0.826. The van der Waals surface area contributed by atoms with Gasteiger partial charge >= 0.3 is 0 Å². The second-order valence-corrected chi connectivity index (χ2v) is 8.55. The normalized spacial score (nSPS) is 23.2. The first-order chi connectivity index (χ1) is 12.2. The minimum Gasteiger partial charge on any atom is -0.342 e. The molecular formula is C20H27N3OS. The lowest BCUT2D eigenvalue weighted by molar-refractivity contribution is -0.134. The van der Waals surface area contributed by atoms with Crippen molar-refractivity contribution in [1.29, 1.82) is 0 Å². The summed E-state index contributed by atoms with van der Waals surface area (Å²) in [5, 5.41) is 1.25. The van der Waals surface area contributed by atoms with Gasteiger partial charge in [0.1, 0.15) is 0 Å². The van der Waals surface area contributed by atoms with Gasteiger partial charge in [-0.3, -0.25) is 9.69 Å². The van der Waals surface area contributed by atoms with Crippen LogP contribution in [0, 0.1) is 0 Å². The van der Waals surface area contributed by atoms with Gasteiger partial charge < -0.3 is 4.90 Å². The first-order valence-electron chi connectivity index (χ1n) is 9.58. The van der Waals surface area contributed by atoms with Crippen LogP contribution in [0.5, 0.6) is 0 Å². The van der Waals surface area contributed by atoms with E-state index in [9.17, 15) is 4.79 Å². The van der Waals surface area contributed by atoms with Crippen LogP contribution in [0.4, 0.5) is 0 Å². The third-order valence-electron chi connectivity index (χ3n) is 5.79. The molecule has 2 aliphatic heterocycles. The Hall–Kier alpha value is -1.46. The minimum absolute atomic E-state index is 0.316. The first-order valence-corrected chi connectivity index (χ1v) is 10.4. The van der Waals surface area contributed by atoms with E-state index in [4.69, 9.17) is 4.98 Å². The highest BCUT2D eigenvalue weighted by molar-refractivity contribution is 7.18. The number of benzene rings is 1. The number of carbonyl (C=O) groups excluding carboxylic acids is 1. The summed E-state index contributed by atoms with van der Waals surface area (Å²) >= 11 is 1.82. The van der Waals surface area contributed by atoms with Crippen LogP contribution in [-0.2, 0) is 4.79 Å². The molecule has 0 aliphatic carbocycles. The van der Waals surface area contributed by atoms with Crippen molar-refractivity contribution in [2.75, 3.05) is 26.2 Å². The number of amides is 1. The first kappa shape index (κ1) is 17.0. The zero-order valence-corrected chi connectivity index (χ0v) is 15.8. The molecule has 1 atom stereocenters. The third kappa shape index (κ3) is 3.72. The lowest BCUT2D eigenvalue weighted by Crippen LogP contribution is -2.47. The average molecular weight is 358 g/mol. The molecule has 5 heteroatoms. The molecule has 2 aromatic rings. The molecule has 2 saturated heterocycles. The molecule has 0 unspecified atom stereocenters. The highest BCUT2D eigenvalue weighted by Crippen LogP contribution is 2.33. The zero-order chi connectivity index (χ0) is 17.2. The number of aromatic nitrogens is 1. The summed E-state index contributed by atoms with van der Waals surface area (Å²) < 4.78 is 1.27. The molecule has 4 rings (SSSR count). The van der Waals surface area contributed by atoms with Gasteiger partial charge in [0.15, 0.2) is 0 Å². The van der Waals surface area contributed by atoms with Crippen molar-refractivity contribution in [3.05, 3.63) is 29.3 Å². The highest BCUT2D eigenvalue weighted by atomic mass is 32.1. The van der Waals surface area contributed by atoms with Crippen molar-refractivity contribution in [2.24, 2.45) is 0 Å². The molecule has 0 radical (unpaired) electrons. The van der Waals surface area contributed by atoms with Crippen molar-refractivity contribution in [3.63, 3.8) is 0 Å². The number of fused-ring (bicyclic) bond motifs is 1. The van der Waals surface area contributed by atoms with Gasteiger partial charge in [0.25, 0.3) is 0 Å². The summed E-state index contributed by atoms with van der Waals surface area (Å²) in [6.45, 7) is 5.69. The van der Waals surface area contributed by atoms with Crippen molar-refractivity contribution >= 4 is 27.5 Å². The fraction of sp³-hybridized carbons (Fsp3) is 0.600. The van der Waals surface area contributed by atoms with Crippen LogP contribution in [0.3, 0.4) is 0 Å². The van der Waals surface area contributed by atoms with Crippen molar-refractivity contribution in [2.45, 2.75) is 51.0 Å². The van der Waals surface area contributed by atoms with E-state index in [-0.39, 0.29) is 0 Å². The Morgan fingerprint density at radius 1 is 1.16 bits per heavy atom. The smallest absolute Gasteiger partial charge is 0.236 e. The number of piperidine rings is 2. The standard InChI is InChI=1S/C20H27N3OS/c1-15-6-4-5-11-23(15)14-19(24)22-12-9-16(10-13-22)20-21-17-7-2-3-8-18(17)25-20/h2-3,7-8,15-16H,4-6,9-14H2,1H3/t15-/m0/s1. The fourth-order valence-corrected chi connectivity index (χ4v) is 5.24. The summed E-state index contributed by atoms with van der Waals surface area (Å²) in [6.07, 6.45) is 5.85. The maximum absolute atomic E-state index is 12.7. The molecular weight excluding hydrogens is 330 g/mol. The van der Waals surface area contributed by atoms with E-state index in [2.05, 4.69) is 41.0 Å². The van der Waals surface area contributed by atoms with E-state index in [1.165, 1.54) is 29.0 Å². The lowest BCUT2D eigenvalue weighted by atomic mass is 9.97. The van der Waals surface area contributed by atoms with Crippen LogP contribution in [0.25, 0.3) is 10.2 Å². The van der Waals surface area contributed by atoms with E-state index in [0.717, 1.165) is 38.0 Å². The van der Waals surface area contributed by atoms with Gasteiger partial charge in [-0.2, -0.15) is 0 Å². The molecule has 1 aromatic carbocycles. The molecule has 1 amide bonds. The predicted octanol–water partition coefficient (Wildman–Crippen LogP) is 3.88. The molecule has 1 aromatic heterocycles. The Labute approximate surface area is 153 Å². The predicted molar refractivity (Wildman–Crippen MR) is 103 cm³/mol. The van der Waals surface area contributed by atoms with Crippen LogP contribution < -0.4 is 0 Å². The highest BCUT2D eigenvalue weighted by Gasteiger charge is 2.28. The summed E-state index contributed by atoms with van der Waals surface area (Å²) in [4.78, 5) is 21.9. The molecule has 25 heavy (non-hydrogen) atoms. The van der Waals surface area contributed by atoms with E-state index in [0.29, 0.717) is 24.4 Å². The molecule has 2 aliphatic rings. The van der Waals surface area contributed by atoms with E-state index >= 15 is 0 Å². The minimum atomic E-state index is 0.316. The number of rotatable bonds is 3. The molecule has 0 spiro atoms. The molecule has 0 N–H and O–H groups in total. The topological polar surface area (TPSA) is 36.4 Å². The Kier molecular flexibility index (Phi) is 5.04. The van der Waals surface area contributed by atoms with Gasteiger partial charge in [0.05, 0.1) is 21.8 Å². The van der Waals surface area contributed by atoms with Crippen LogP contribution in [-0.4, -0.2) is 52.9 Å². The lowest BCUT2D eigenvalue weighted by Gasteiger charge is -2.36. The molecule has 4 nitrogen and oxygen atoms in total. The maximum Gasteiger partial charge on any atom is 0.236 e. The van der Waals surface area contributed by atoms with Gasteiger partial charge in [-0.1, -0.05) is 18.6 Å². The van der Waals surface area contributed by atoms with E-state index < -0.39 is 0 Å². The monoisotopic (exact) mass is 357 g/mol. The Morgan fingerprint density at radius 2 is 1.96 bits per heavy atom. The number of hydrogen-bond donors (Lipinski definition) is 0. The number of nitrogens with zero attached hydrogens (tertiary/aromatic N) is 3. The zero-order valence-electron chi connectivity index (χ0n) is 15.0. The Morgan fingerprint density at radius 3 is 2.72 bits per heavy atom. The quantitative estimate of drug-likeness (QED) is 0.836. The Bertz CT molecular complexity index is 702. The second-order valence-electron chi connectivity index (χ2n) is 7.49. The van der Waals surface area contributed by atoms with E-state index in [1.807, 2.05) is 11.3 Å². The molecule has 3 heterocycles. The molecule has 0 saturated carbocycles. The van der Waals surface area contributed by atoms with Crippen LogP contribution in [0.1, 0.15) is 50.0 Å². The van der Waals surface area contributed by atoms with Crippen molar-refractivity contribution in [1.82, 2.24) is 14.8 Å². The van der Waals surface area contributed by atoms with Crippen LogP contribution in [0.2, 0.25) is 0 Å². The second kappa shape index (κ2) is 7.42. The van der Waals surface area contributed by atoms with Gasteiger partial charge in [-0.15, -0.1) is 11.3 Å². The number of likely N-dealkylation sites (tertiary alicyclic amines) is 2. The number of carbonyl (C=O) groups is 1. The fourth-order valence-electron chi connectivity index (χ4n) is 4.11. The van der Waals surface area contributed by atoms with E-state index in [1.54, 1.807) is 0 Å². The number of hydrogen-bond acceptors (Lipinski definition) is 4. The van der Waals surface area contributed by atoms with Gasteiger partial charge in [0.2, 0.25) is 5.91 Å². The van der Waals surface area contributed by atoms with Gasteiger partial charge in [-0.25, -0.2) is 4.98 Å². The van der Waals surface area contributed by atoms with Gasteiger partial charge in [0, 0.05) is 25.0 Å². The molecule has 134 valence electrons. The average Bonchev–Trinajstić information content (AvgIpc) is 3.08. The maximum atomic E-state index is 12.7. The number of para-hydroxylation sites is 1. The summed E-state index contributed by atoms with van der Waals surface area (Å²) in [5.41, 5.74) is 1.11. The third-order valence-corrected chi connectivity index (χ3v) is 6.99. The van der Waals surface area contributed by atoms with Crippen molar-refractivity contribution in [3.8, 4) is 0 Å². The van der Waals surface area contributed by atoms with Crippen LogP contribution >= 0.6 is 11.3 Å². The SMILES string of the molecule is C[C@H]1CCCCN1CC(=O)N1CCC(c2nc3ccccc3s2)CC1. The summed E-state index contributed by atoms with van der Waals surface area (Å²) in [6, 6.07) is 8.92. The summed E-state index contributed by atoms with van der Waals surface area (Å²) in [7, 11) is 0. The number of thiazole rings is 1. The van der Waals surface area contributed by atoms with Crippen molar-refractivity contribution < 1.29 is 4.79 Å². The largest absolute Gasteiger partial charge is 0.342 e.